The molecular weight excluding hydrogens is 278 g/mol. The lowest BCUT2D eigenvalue weighted by atomic mass is 10.1. The summed E-state index contributed by atoms with van der Waals surface area (Å²) in [5.74, 6) is 0.203. The van der Waals surface area contributed by atoms with E-state index >= 15 is 0 Å². The highest BCUT2D eigenvalue weighted by atomic mass is 16.2. The molecule has 6 nitrogen and oxygen atoms in total. The van der Waals surface area contributed by atoms with Gasteiger partial charge in [-0.3, -0.25) is 19.4 Å². The number of fused-ring (bicyclic) bond motifs is 1. The molecule has 2 saturated heterocycles. The highest BCUT2D eigenvalue weighted by Crippen LogP contribution is 2.36. The Hall–Kier alpha value is -2.21. The van der Waals surface area contributed by atoms with E-state index in [0.29, 0.717) is 6.42 Å². The van der Waals surface area contributed by atoms with E-state index in [0.717, 1.165) is 30.9 Å². The van der Waals surface area contributed by atoms with Crippen molar-refractivity contribution in [1.29, 1.82) is 0 Å². The maximum absolute atomic E-state index is 12.4. The van der Waals surface area contributed by atoms with E-state index in [1.54, 1.807) is 10.9 Å². The van der Waals surface area contributed by atoms with Crippen molar-refractivity contribution in [1.82, 2.24) is 19.7 Å². The summed E-state index contributed by atoms with van der Waals surface area (Å²) in [5, 5.41) is 4.20. The van der Waals surface area contributed by atoms with Crippen molar-refractivity contribution in [3.05, 3.63) is 42.5 Å². The highest BCUT2D eigenvalue weighted by molar-refractivity contribution is 5.97. The van der Waals surface area contributed by atoms with Gasteiger partial charge in [0.2, 0.25) is 5.91 Å². The molecule has 4 heterocycles. The van der Waals surface area contributed by atoms with Gasteiger partial charge in [-0.15, -0.1) is 0 Å². The minimum Gasteiger partial charge on any atom is -0.305 e. The van der Waals surface area contributed by atoms with Crippen LogP contribution in [0.4, 0.5) is 5.69 Å². The van der Waals surface area contributed by atoms with Crippen molar-refractivity contribution in [2.75, 3.05) is 11.4 Å². The van der Waals surface area contributed by atoms with Gasteiger partial charge < -0.3 is 4.90 Å². The Labute approximate surface area is 129 Å². The minimum atomic E-state index is 0.203. The van der Waals surface area contributed by atoms with Gasteiger partial charge in [-0.2, -0.15) is 5.10 Å². The third-order valence-electron chi connectivity index (χ3n) is 4.67. The van der Waals surface area contributed by atoms with Gasteiger partial charge in [0.1, 0.15) is 0 Å². The fourth-order valence-electron chi connectivity index (χ4n) is 3.69. The number of hydrogen-bond acceptors (Lipinski definition) is 4. The number of rotatable bonds is 3. The van der Waals surface area contributed by atoms with Gasteiger partial charge in [-0.05, 0) is 18.6 Å². The first-order chi connectivity index (χ1) is 10.7. The van der Waals surface area contributed by atoms with Crippen LogP contribution in [0.2, 0.25) is 0 Å². The van der Waals surface area contributed by atoms with Crippen molar-refractivity contribution >= 4 is 11.6 Å². The summed E-state index contributed by atoms with van der Waals surface area (Å²) < 4.78 is 1.75. The van der Waals surface area contributed by atoms with Gasteiger partial charge in [0.25, 0.3) is 0 Å². The van der Waals surface area contributed by atoms with E-state index in [4.69, 9.17) is 0 Å². The van der Waals surface area contributed by atoms with Gasteiger partial charge in [-0.1, -0.05) is 6.07 Å². The SMILES string of the molecule is Cn1cc(N2C(=O)CC3C2CCN3Cc2ccccn2)cn1. The first kappa shape index (κ1) is 13.5. The average Bonchev–Trinajstić information content (AvgIpc) is 3.17. The number of carbonyl (C=O) groups excluding carboxylic acids is 1. The van der Waals surface area contributed by atoms with Crippen LogP contribution in [-0.4, -0.2) is 44.2 Å². The molecule has 2 aliphatic heterocycles. The number of amides is 1. The molecule has 1 amide bonds. The summed E-state index contributed by atoms with van der Waals surface area (Å²) in [4.78, 5) is 21.2. The monoisotopic (exact) mass is 297 g/mol. The molecule has 2 aliphatic rings. The number of pyridine rings is 1. The van der Waals surface area contributed by atoms with Gasteiger partial charge >= 0.3 is 0 Å². The lowest BCUT2D eigenvalue weighted by Crippen LogP contribution is -2.37. The average molecular weight is 297 g/mol. The number of aromatic nitrogens is 3. The molecule has 2 aromatic rings. The lowest BCUT2D eigenvalue weighted by Gasteiger charge is -2.24. The molecule has 2 aromatic heterocycles. The zero-order valence-corrected chi connectivity index (χ0v) is 12.6. The Morgan fingerprint density at radius 1 is 1.32 bits per heavy atom. The molecule has 0 radical (unpaired) electrons. The number of nitrogens with zero attached hydrogens (tertiary/aromatic N) is 5. The molecule has 4 rings (SSSR count). The third kappa shape index (κ3) is 2.20. The van der Waals surface area contributed by atoms with Gasteiger partial charge in [0.05, 0.1) is 23.6 Å². The van der Waals surface area contributed by atoms with Crippen LogP contribution in [0.5, 0.6) is 0 Å². The first-order valence-electron chi connectivity index (χ1n) is 7.67. The summed E-state index contributed by atoms with van der Waals surface area (Å²) in [5.41, 5.74) is 1.98. The molecule has 2 fully saturated rings. The van der Waals surface area contributed by atoms with Crippen LogP contribution in [0.3, 0.4) is 0 Å². The highest BCUT2D eigenvalue weighted by Gasteiger charge is 2.47. The van der Waals surface area contributed by atoms with Gasteiger partial charge in [0.15, 0.2) is 0 Å². The van der Waals surface area contributed by atoms with E-state index in [9.17, 15) is 4.79 Å². The Morgan fingerprint density at radius 3 is 2.95 bits per heavy atom. The minimum absolute atomic E-state index is 0.203. The molecule has 114 valence electrons. The Kier molecular flexibility index (Phi) is 3.18. The Bertz CT molecular complexity index is 683. The van der Waals surface area contributed by atoms with Crippen molar-refractivity contribution < 1.29 is 4.79 Å². The van der Waals surface area contributed by atoms with Crippen molar-refractivity contribution in [2.45, 2.75) is 31.5 Å². The molecule has 0 aliphatic carbocycles. The number of hydrogen-bond donors (Lipinski definition) is 0. The standard InChI is InChI=1S/C16H19N5O/c1-19-11-13(9-18-19)21-14-5-7-20(15(14)8-16(21)22)10-12-4-2-3-6-17-12/h2-4,6,9,11,14-15H,5,7-8,10H2,1H3. The van der Waals surface area contributed by atoms with E-state index in [2.05, 4.69) is 15.0 Å². The quantitative estimate of drug-likeness (QED) is 0.854. The predicted molar refractivity (Wildman–Crippen MR) is 82.2 cm³/mol. The summed E-state index contributed by atoms with van der Waals surface area (Å²) in [7, 11) is 1.88. The summed E-state index contributed by atoms with van der Waals surface area (Å²) in [6, 6.07) is 6.54. The second-order valence-electron chi connectivity index (χ2n) is 6.05. The number of aryl methyl sites for hydroxylation is 1. The van der Waals surface area contributed by atoms with Crippen LogP contribution in [0.1, 0.15) is 18.5 Å². The maximum atomic E-state index is 12.4. The number of likely N-dealkylation sites (tertiary alicyclic amines) is 1. The molecule has 22 heavy (non-hydrogen) atoms. The molecule has 0 saturated carbocycles. The summed E-state index contributed by atoms with van der Waals surface area (Å²) in [6.45, 7) is 1.83. The molecule has 2 unspecified atom stereocenters. The Balaban J connectivity index is 1.54. The Morgan fingerprint density at radius 2 is 2.23 bits per heavy atom. The van der Waals surface area contributed by atoms with Crippen LogP contribution >= 0.6 is 0 Å². The fourth-order valence-corrected chi connectivity index (χ4v) is 3.69. The molecule has 0 bridgehead atoms. The van der Waals surface area contributed by atoms with E-state index in [-0.39, 0.29) is 18.0 Å². The zero-order valence-electron chi connectivity index (χ0n) is 12.6. The van der Waals surface area contributed by atoms with Crippen molar-refractivity contribution in [3.8, 4) is 0 Å². The van der Waals surface area contributed by atoms with E-state index < -0.39 is 0 Å². The van der Waals surface area contributed by atoms with E-state index in [1.165, 1.54) is 0 Å². The zero-order chi connectivity index (χ0) is 15.1. The molecule has 0 spiro atoms. The largest absolute Gasteiger partial charge is 0.305 e. The number of carbonyl (C=O) groups is 1. The first-order valence-corrected chi connectivity index (χ1v) is 7.67. The van der Waals surface area contributed by atoms with Crippen LogP contribution in [0.15, 0.2) is 36.8 Å². The molecule has 6 heteroatoms. The second kappa shape index (κ2) is 5.21. The smallest absolute Gasteiger partial charge is 0.229 e. The molecule has 2 atom stereocenters. The van der Waals surface area contributed by atoms with Crippen LogP contribution < -0.4 is 4.90 Å². The van der Waals surface area contributed by atoms with Gasteiger partial charge in [0, 0.05) is 45.0 Å². The molecule has 0 aromatic carbocycles. The van der Waals surface area contributed by atoms with Crippen molar-refractivity contribution in [2.24, 2.45) is 7.05 Å². The van der Waals surface area contributed by atoms with Gasteiger partial charge in [-0.25, -0.2) is 0 Å². The molecular formula is C16H19N5O. The van der Waals surface area contributed by atoms with E-state index in [1.807, 2.05) is 42.5 Å². The van der Waals surface area contributed by atoms with Crippen LogP contribution in [-0.2, 0) is 18.4 Å². The van der Waals surface area contributed by atoms with Crippen molar-refractivity contribution in [3.63, 3.8) is 0 Å². The van der Waals surface area contributed by atoms with Crippen LogP contribution in [0, 0.1) is 0 Å². The number of anilines is 1. The molecule has 0 N–H and O–H groups in total. The normalized spacial score (nSPS) is 25.0. The predicted octanol–water partition coefficient (Wildman–Crippen LogP) is 1.19. The maximum Gasteiger partial charge on any atom is 0.229 e. The van der Waals surface area contributed by atoms with Crippen LogP contribution in [0.25, 0.3) is 0 Å². The fraction of sp³-hybridized carbons (Fsp3) is 0.438. The summed E-state index contributed by atoms with van der Waals surface area (Å²) >= 11 is 0. The third-order valence-corrected chi connectivity index (χ3v) is 4.67. The lowest BCUT2D eigenvalue weighted by molar-refractivity contribution is -0.117. The second-order valence-corrected chi connectivity index (χ2v) is 6.05. The summed E-state index contributed by atoms with van der Waals surface area (Å²) in [6.07, 6.45) is 7.12. The topological polar surface area (TPSA) is 54.3 Å².